The molecule has 0 aliphatic heterocycles. The molecule has 1 aromatic rings. The molecule has 1 rings (SSSR count). The summed E-state index contributed by atoms with van der Waals surface area (Å²) in [5.74, 6) is 0.476. The molecule has 0 radical (unpaired) electrons. The van der Waals surface area contributed by atoms with Gasteiger partial charge in [-0.05, 0) is 19.1 Å². The van der Waals surface area contributed by atoms with Crippen LogP contribution in [0.3, 0.4) is 0 Å². The van der Waals surface area contributed by atoms with E-state index in [1.807, 2.05) is 24.3 Å². The highest BCUT2D eigenvalue weighted by Gasteiger charge is 2.03. The lowest BCUT2D eigenvalue weighted by Gasteiger charge is -2.08. The third-order valence-corrected chi connectivity index (χ3v) is 2.22. The van der Waals surface area contributed by atoms with Gasteiger partial charge in [-0.15, -0.1) is 0 Å². The van der Waals surface area contributed by atoms with Gasteiger partial charge in [0.05, 0.1) is 13.7 Å². The zero-order chi connectivity index (χ0) is 12.7. The van der Waals surface area contributed by atoms with E-state index in [4.69, 9.17) is 9.84 Å². The van der Waals surface area contributed by atoms with Gasteiger partial charge in [-0.1, -0.05) is 18.2 Å². The molecular weight excluding hydrogens is 218 g/mol. The Balaban J connectivity index is 2.67. The first-order valence-corrected chi connectivity index (χ1v) is 5.40. The number of para-hydroxylation sites is 1. The average molecular weight is 235 g/mol. The molecule has 0 saturated heterocycles. The van der Waals surface area contributed by atoms with Gasteiger partial charge >= 0.3 is 0 Å². The van der Waals surface area contributed by atoms with Crippen molar-refractivity contribution >= 4 is 12.0 Å². The number of nitrogens with one attached hydrogen (secondary N) is 1. The van der Waals surface area contributed by atoms with Crippen LogP contribution in [-0.4, -0.2) is 30.8 Å². The summed E-state index contributed by atoms with van der Waals surface area (Å²) in [5.41, 5.74) is 0.835. The van der Waals surface area contributed by atoms with Crippen molar-refractivity contribution in [3.05, 3.63) is 35.9 Å². The fourth-order valence-electron chi connectivity index (χ4n) is 1.31. The van der Waals surface area contributed by atoms with E-state index in [-0.39, 0.29) is 18.6 Å². The van der Waals surface area contributed by atoms with E-state index in [2.05, 4.69) is 5.32 Å². The molecule has 17 heavy (non-hydrogen) atoms. The summed E-state index contributed by atoms with van der Waals surface area (Å²) >= 11 is 0. The van der Waals surface area contributed by atoms with Crippen LogP contribution in [0.25, 0.3) is 6.08 Å². The van der Waals surface area contributed by atoms with Gasteiger partial charge in [0.25, 0.3) is 0 Å². The van der Waals surface area contributed by atoms with Crippen LogP contribution < -0.4 is 10.1 Å². The summed E-state index contributed by atoms with van der Waals surface area (Å²) in [7, 11) is 1.58. The molecule has 2 N–H and O–H groups in total. The molecule has 0 fully saturated rings. The Hall–Kier alpha value is -1.81. The van der Waals surface area contributed by atoms with Crippen molar-refractivity contribution in [1.29, 1.82) is 0 Å². The number of aliphatic hydroxyl groups is 1. The largest absolute Gasteiger partial charge is 0.496 e. The molecular formula is C13H17NO3. The topological polar surface area (TPSA) is 58.6 Å². The maximum atomic E-state index is 11.4. The van der Waals surface area contributed by atoms with E-state index < -0.39 is 0 Å². The van der Waals surface area contributed by atoms with Crippen LogP contribution in [-0.2, 0) is 4.79 Å². The first kappa shape index (κ1) is 13.3. The van der Waals surface area contributed by atoms with Gasteiger partial charge in [0.15, 0.2) is 0 Å². The summed E-state index contributed by atoms with van der Waals surface area (Å²) in [6.45, 7) is 1.66. The van der Waals surface area contributed by atoms with E-state index in [0.717, 1.165) is 5.56 Å². The number of benzene rings is 1. The second kappa shape index (κ2) is 6.70. The van der Waals surface area contributed by atoms with Crippen molar-refractivity contribution in [1.82, 2.24) is 5.32 Å². The van der Waals surface area contributed by atoms with Gasteiger partial charge in [0, 0.05) is 17.7 Å². The van der Waals surface area contributed by atoms with Gasteiger partial charge < -0.3 is 15.2 Å². The van der Waals surface area contributed by atoms with Crippen molar-refractivity contribution < 1.29 is 14.6 Å². The molecule has 92 valence electrons. The summed E-state index contributed by atoms with van der Waals surface area (Å²) in [5, 5.41) is 11.4. The number of carbonyl (C=O) groups is 1. The highest BCUT2D eigenvalue weighted by Crippen LogP contribution is 2.18. The summed E-state index contributed by atoms with van der Waals surface area (Å²) < 4.78 is 5.16. The van der Waals surface area contributed by atoms with Crippen LogP contribution in [0.15, 0.2) is 30.3 Å². The number of methoxy groups -OCH3 is 1. The average Bonchev–Trinajstić information content (AvgIpc) is 2.36. The lowest BCUT2D eigenvalue weighted by Crippen LogP contribution is -2.33. The lowest BCUT2D eigenvalue weighted by atomic mass is 10.2. The number of carbonyl (C=O) groups excluding carboxylic acids is 1. The Kier molecular flexibility index (Phi) is 5.23. The molecule has 0 spiro atoms. The Labute approximate surface area is 101 Å². The van der Waals surface area contributed by atoms with Crippen LogP contribution in [0, 0.1) is 0 Å². The van der Waals surface area contributed by atoms with Crippen LogP contribution in [0.4, 0.5) is 0 Å². The quantitative estimate of drug-likeness (QED) is 0.754. The minimum atomic E-state index is -0.246. The summed E-state index contributed by atoms with van der Waals surface area (Å²) in [4.78, 5) is 11.4. The molecule has 0 aliphatic carbocycles. The molecule has 1 amide bonds. The molecule has 1 atom stereocenters. The first-order chi connectivity index (χ1) is 8.17. The van der Waals surface area contributed by atoms with E-state index in [0.29, 0.717) is 5.75 Å². The van der Waals surface area contributed by atoms with E-state index in [1.165, 1.54) is 6.08 Å². The Morgan fingerprint density at radius 1 is 1.53 bits per heavy atom. The number of rotatable bonds is 5. The molecule has 4 nitrogen and oxygen atoms in total. The Bertz CT molecular complexity index is 401. The van der Waals surface area contributed by atoms with Gasteiger partial charge in [0.1, 0.15) is 5.75 Å². The second-order valence-electron chi connectivity index (χ2n) is 3.67. The van der Waals surface area contributed by atoms with E-state index >= 15 is 0 Å². The summed E-state index contributed by atoms with van der Waals surface area (Å²) in [6.07, 6.45) is 3.10. The van der Waals surface area contributed by atoms with Gasteiger partial charge in [-0.3, -0.25) is 4.79 Å². The maximum absolute atomic E-state index is 11.4. The molecule has 0 saturated carbocycles. The highest BCUT2D eigenvalue weighted by atomic mass is 16.5. The highest BCUT2D eigenvalue weighted by molar-refractivity contribution is 5.92. The smallest absolute Gasteiger partial charge is 0.244 e. The molecule has 1 aromatic carbocycles. The molecule has 4 heteroatoms. The molecule has 0 aliphatic rings. The third-order valence-electron chi connectivity index (χ3n) is 2.22. The van der Waals surface area contributed by atoms with Gasteiger partial charge in [-0.25, -0.2) is 0 Å². The van der Waals surface area contributed by atoms with E-state index in [1.54, 1.807) is 20.1 Å². The van der Waals surface area contributed by atoms with Gasteiger partial charge in [0.2, 0.25) is 5.91 Å². The van der Waals surface area contributed by atoms with E-state index in [9.17, 15) is 4.79 Å². The van der Waals surface area contributed by atoms with Crippen molar-refractivity contribution in [2.75, 3.05) is 13.7 Å². The molecule has 0 unspecified atom stereocenters. The third kappa shape index (κ3) is 4.28. The summed E-state index contributed by atoms with van der Waals surface area (Å²) in [6, 6.07) is 7.18. The fraction of sp³-hybridized carbons (Fsp3) is 0.308. The number of amides is 1. The molecule has 0 bridgehead atoms. The van der Waals surface area contributed by atoms with Crippen LogP contribution in [0.2, 0.25) is 0 Å². The number of hydrogen-bond acceptors (Lipinski definition) is 3. The predicted octanol–water partition coefficient (Wildman–Crippen LogP) is 1.21. The standard InChI is InChI=1S/C13H17NO3/c1-10(9-15)14-13(16)8-7-11-5-3-4-6-12(11)17-2/h3-8,10,15H,9H2,1-2H3,(H,14,16)/t10-/m0/s1. The SMILES string of the molecule is COc1ccccc1C=CC(=O)N[C@@H](C)CO. The van der Waals surface area contributed by atoms with Gasteiger partial charge in [-0.2, -0.15) is 0 Å². The van der Waals surface area contributed by atoms with Crippen molar-refractivity contribution in [3.63, 3.8) is 0 Å². The lowest BCUT2D eigenvalue weighted by molar-refractivity contribution is -0.117. The zero-order valence-corrected chi connectivity index (χ0v) is 10.0. The predicted molar refractivity (Wildman–Crippen MR) is 66.7 cm³/mol. The number of aliphatic hydroxyl groups excluding tert-OH is 1. The van der Waals surface area contributed by atoms with Crippen molar-refractivity contribution in [2.45, 2.75) is 13.0 Å². The minimum Gasteiger partial charge on any atom is -0.496 e. The molecule has 0 aromatic heterocycles. The van der Waals surface area contributed by atoms with Crippen LogP contribution in [0.5, 0.6) is 5.75 Å². The van der Waals surface area contributed by atoms with Crippen molar-refractivity contribution in [2.24, 2.45) is 0 Å². The minimum absolute atomic E-state index is 0.0752. The second-order valence-corrected chi connectivity index (χ2v) is 3.67. The monoisotopic (exact) mass is 235 g/mol. The first-order valence-electron chi connectivity index (χ1n) is 5.40. The van der Waals surface area contributed by atoms with Crippen LogP contribution >= 0.6 is 0 Å². The Morgan fingerprint density at radius 2 is 2.24 bits per heavy atom. The molecule has 0 heterocycles. The Morgan fingerprint density at radius 3 is 2.88 bits per heavy atom. The number of hydrogen-bond donors (Lipinski definition) is 2. The zero-order valence-electron chi connectivity index (χ0n) is 10.0. The maximum Gasteiger partial charge on any atom is 0.244 e. The van der Waals surface area contributed by atoms with Crippen LogP contribution in [0.1, 0.15) is 12.5 Å². The van der Waals surface area contributed by atoms with Crippen molar-refractivity contribution in [3.8, 4) is 5.75 Å². The normalized spacial score (nSPS) is 12.4. The number of ether oxygens (including phenoxy) is 1. The fourth-order valence-corrected chi connectivity index (χ4v) is 1.31.